The van der Waals surface area contributed by atoms with Crippen molar-refractivity contribution in [1.82, 2.24) is 0 Å². The number of nitrogens with zero attached hydrogens (tertiary/aromatic N) is 1. The Morgan fingerprint density at radius 3 is 2.65 bits per heavy atom. The van der Waals surface area contributed by atoms with E-state index in [1.54, 1.807) is 18.2 Å². The Bertz CT molecular complexity index is 691. The van der Waals surface area contributed by atoms with Crippen LogP contribution < -0.4 is 5.32 Å². The van der Waals surface area contributed by atoms with Gasteiger partial charge in [-0.3, -0.25) is 14.9 Å². The van der Waals surface area contributed by atoms with E-state index in [0.717, 1.165) is 21.8 Å². The summed E-state index contributed by atoms with van der Waals surface area (Å²) in [6.45, 7) is 0. The van der Waals surface area contributed by atoms with Gasteiger partial charge < -0.3 is 5.32 Å². The molecule has 0 bridgehead atoms. The fraction of sp³-hybridized carbons (Fsp3) is 0. The lowest BCUT2D eigenvalue weighted by molar-refractivity contribution is -0.384. The fourth-order valence-corrected chi connectivity index (χ4v) is 2.11. The third-order valence-electron chi connectivity index (χ3n) is 2.49. The molecule has 0 aromatic heterocycles. The Balaban J connectivity index is 2.29. The van der Waals surface area contributed by atoms with Gasteiger partial charge in [-0.05, 0) is 46.9 Å². The van der Waals surface area contributed by atoms with Crippen LogP contribution >= 0.6 is 22.6 Å². The van der Waals surface area contributed by atoms with Crippen LogP contribution in [0.15, 0.2) is 42.5 Å². The number of nitrogens with one attached hydrogen (secondary N) is 1. The number of rotatable bonds is 3. The third-order valence-corrected chi connectivity index (χ3v) is 3.16. The predicted molar refractivity (Wildman–Crippen MR) is 80.2 cm³/mol. The van der Waals surface area contributed by atoms with Crippen molar-refractivity contribution < 1.29 is 14.1 Å². The van der Waals surface area contributed by atoms with E-state index < -0.39 is 16.6 Å². The minimum absolute atomic E-state index is 0.334. The Morgan fingerprint density at radius 1 is 1.25 bits per heavy atom. The molecule has 0 atom stereocenters. The van der Waals surface area contributed by atoms with Crippen LogP contribution in [0.3, 0.4) is 0 Å². The van der Waals surface area contributed by atoms with Gasteiger partial charge in [0.1, 0.15) is 5.82 Å². The van der Waals surface area contributed by atoms with Crippen LogP contribution in [0.1, 0.15) is 10.4 Å². The van der Waals surface area contributed by atoms with Crippen molar-refractivity contribution >= 4 is 39.9 Å². The van der Waals surface area contributed by atoms with Crippen molar-refractivity contribution in [2.75, 3.05) is 5.32 Å². The first-order valence-electron chi connectivity index (χ1n) is 5.48. The maximum Gasteiger partial charge on any atom is 0.270 e. The maximum atomic E-state index is 13.6. The van der Waals surface area contributed by atoms with Crippen LogP contribution in [0.25, 0.3) is 0 Å². The molecule has 0 saturated heterocycles. The summed E-state index contributed by atoms with van der Waals surface area (Å²) in [5.74, 6) is -1.54. The number of carbonyl (C=O) groups excluding carboxylic acids is 1. The molecule has 0 fully saturated rings. The first kappa shape index (κ1) is 14.4. The fourth-order valence-electron chi connectivity index (χ4n) is 1.57. The number of non-ortho nitro benzene ring substituents is 1. The number of hydrogen-bond donors (Lipinski definition) is 1. The molecule has 1 N–H and O–H groups in total. The van der Waals surface area contributed by atoms with Crippen LogP contribution in [-0.4, -0.2) is 10.8 Å². The summed E-state index contributed by atoms with van der Waals surface area (Å²) >= 11 is 2.07. The lowest BCUT2D eigenvalue weighted by Crippen LogP contribution is -2.14. The SMILES string of the molecule is O=C(Nc1cccc(I)c1)c1cc([N+](=O)[O-])ccc1F. The quantitative estimate of drug-likeness (QED) is 0.498. The average molecular weight is 386 g/mol. The number of nitro groups is 1. The highest BCUT2D eigenvalue weighted by molar-refractivity contribution is 14.1. The molecular weight excluding hydrogens is 378 g/mol. The van der Waals surface area contributed by atoms with Crippen LogP contribution in [0.5, 0.6) is 0 Å². The van der Waals surface area contributed by atoms with Crippen LogP contribution in [0, 0.1) is 19.5 Å². The minimum Gasteiger partial charge on any atom is -0.322 e. The van der Waals surface area contributed by atoms with Crippen molar-refractivity contribution in [3.63, 3.8) is 0 Å². The van der Waals surface area contributed by atoms with E-state index in [1.165, 1.54) is 0 Å². The number of halogens is 2. The topological polar surface area (TPSA) is 72.2 Å². The summed E-state index contributed by atoms with van der Waals surface area (Å²) < 4.78 is 14.5. The third kappa shape index (κ3) is 3.29. The largest absolute Gasteiger partial charge is 0.322 e. The minimum atomic E-state index is -0.807. The highest BCUT2D eigenvalue weighted by Crippen LogP contribution is 2.19. The summed E-state index contributed by atoms with van der Waals surface area (Å²) in [5.41, 5.74) is -0.204. The molecule has 20 heavy (non-hydrogen) atoms. The van der Waals surface area contributed by atoms with Crippen LogP contribution in [0.2, 0.25) is 0 Å². The number of amides is 1. The van der Waals surface area contributed by atoms with Crippen molar-refractivity contribution in [1.29, 1.82) is 0 Å². The van der Waals surface area contributed by atoms with Crippen molar-refractivity contribution in [3.8, 4) is 0 Å². The van der Waals surface area contributed by atoms with E-state index in [1.807, 2.05) is 6.07 Å². The van der Waals surface area contributed by atoms with Crippen LogP contribution in [0.4, 0.5) is 15.8 Å². The van der Waals surface area contributed by atoms with Gasteiger partial charge in [-0.25, -0.2) is 4.39 Å². The van der Waals surface area contributed by atoms with Crippen molar-refractivity contribution in [2.45, 2.75) is 0 Å². The molecule has 0 saturated carbocycles. The molecule has 0 aliphatic carbocycles. The Kier molecular flexibility index (Phi) is 4.28. The molecule has 2 aromatic carbocycles. The lowest BCUT2D eigenvalue weighted by atomic mass is 10.1. The molecular formula is C13H8FIN2O3. The van der Waals surface area contributed by atoms with Gasteiger partial charge in [-0.1, -0.05) is 6.07 Å². The Hall–Kier alpha value is -2.03. The standard InChI is InChI=1S/C13H8FIN2O3/c14-12-5-4-10(17(19)20)7-11(12)13(18)16-9-3-1-2-8(15)6-9/h1-7H,(H,16,18). The van der Waals surface area contributed by atoms with Gasteiger partial charge in [-0.15, -0.1) is 0 Å². The summed E-state index contributed by atoms with van der Waals surface area (Å²) in [7, 11) is 0. The van der Waals surface area contributed by atoms with E-state index in [4.69, 9.17) is 0 Å². The molecule has 0 aliphatic heterocycles. The molecule has 0 radical (unpaired) electrons. The second kappa shape index (κ2) is 5.95. The van der Waals surface area contributed by atoms with E-state index in [2.05, 4.69) is 27.9 Å². The lowest BCUT2D eigenvalue weighted by Gasteiger charge is -2.06. The van der Waals surface area contributed by atoms with E-state index >= 15 is 0 Å². The van der Waals surface area contributed by atoms with E-state index in [-0.39, 0.29) is 11.3 Å². The first-order valence-corrected chi connectivity index (χ1v) is 6.56. The predicted octanol–water partition coefficient (Wildman–Crippen LogP) is 3.59. The van der Waals surface area contributed by atoms with Crippen LogP contribution in [-0.2, 0) is 0 Å². The zero-order valence-electron chi connectivity index (χ0n) is 9.97. The molecule has 5 nitrogen and oxygen atoms in total. The highest BCUT2D eigenvalue weighted by atomic mass is 127. The van der Waals surface area contributed by atoms with E-state index in [0.29, 0.717) is 5.69 Å². The molecule has 0 heterocycles. The van der Waals surface area contributed by atoms with Crippen molar-refractivity contribution in [3.05, 3.63) is 67.5 Å². The molecule has 1 amide bonds. The zero-order chi connectivity index (χ0) is 14.7. The highest BCUT2D eigenvalue weighted by Gasteiger charge is 2.17. The summed E-state index contributed by atoms with van der Waals surface area (Å²) in [6.07, 6.45) is 0. The van der Waals surface area contributed by atoms with Gasteiger partial charge in [0.15, 0.2) is 0 Å². The van der Waals surface area contributed by atoms with E-state index in [9.17, 15) is 19.3 Å². The number of benzene rings is 2. The molecule has 0 unspecified atom stereocenters. The normalized spacial score (nSPS) is 10.1. The maximum absolute atomic E-state index is 13.6. The second-order valence-electron chi connectivity index (χ2n) is 3.89. The summed E-state index contributed by atoms with van der Waals surface area (Å²) in [4.78, 5) is 21.9. The number of anilines is 1. The molecule has 0 spiro atoms. The van der Waals surface area contributed by atoms with Gasteiger partial charge in [-0.2, -0.15) is 0 Å². The number of nitro benzene ring substituents is 1. The Morgan fingerprint density at radius 2 is 2.00 bits per heavy atom. The van der Waals surface area contributed by atoms with Crippen molar-refractivity contribution in [2.24, 2.45) is 0 Å². The second-order valence-corrected chi connectivity index (χ2v) is 5.13. The average Bonchev–Trinajstić information content (AvgIpc) is 2.38. The van der Waals surface area contributed by atoms with Gasteiger partial charge >= 0.3 is 0 Å². The molecule has 102 valence electrons. The van der Waals surface area contributed by atoms with Gasteiger partial charge in [0.25, 0.3) is 11.6 Å². The zero-order valence-corrected chi connectivity index (χ0v) is 12.1. The smallest absolute Gasteiger partial charge is 0.270 e. The number of hydrogen-bond acceptors (Lipinski definition) is 3. The first-order chi connectivity index (χ1) is 9.47. The molecule has 2 aromatic rings. The molecule has 2 rings (SSSR count). The summed E-state index contributed by atoms with van der Waals surface area (Å²) in [5, 5.41) is 13.1. The molecule has 7 heteroatoms. The Labute approximate surface area is 127 Å². The van der Waals surface area contributed by atoms with Gasteiger partial charge in [0, 0.05) is 21.4 Å². The van der Waals surface area contributed by atoms with Gasteiger partial charge in [0.05, 0.1) is 10.5 Å². The molecule has 0 aliphatic rings. The van der Waals surface area contributed by atoms with Gasteiger partial charge in [0.2, 0.25) is 0 Å². The monoisotopic (exact) mass is 386 g/mol. The number of carbonyl (C=O) groups is 1. The summed E-state index contributed by atoms with van der Waals surface area (Å²) in [6, 6.07) is 9.76.